The predicted molar refractivity (Wildman–Crippen MR) is 70.0 cm³/mol. The summed E-state index contributed by atoms with van der Waals surface area (Å²) >= 11 is 0. The third-order valence-corrected chi connectivity index (χ3v) is 3.08. The Balaban J connectivity index is 1.93. The summed E-state index contributed by atoms with van der Waals surface area (Å²) in [5, 5.41) is 9.63. The fraction of sp³-hybridized carbons (Fsp3) is 0.500. The smallest absolute Gasteiger partial charge is 0.260 e. The molecular weight excluding hydrogens is 246 g/mol. The monoisotopic (exact) mass is 265 g/mol. The van der Waals surface area contributed by atoms with Gasteiger partial charge >= 0.3 is 0 Å². The number of amides is 1. The van der Waals surface area contributed by atoms with Crippen LogP contribution in [0.3, 0.4) is 0 Å². The van der Waals surface area contributed by atoms with Crippen LogP contribution in [0.4, 0.5) is 0 Å². The van der Waals surface area contributed by atoms with E-state index in [4.69, 9.17) is 9.47 Å². The molecule has 1 fully saturated rings. The molecule has 1 aromatic rings. The van der Waals surface area contributed by atoms with Gasteiger partial charge in [0, 0.05) is 18.7 Å². The Morgan fingerprint density at radius 2 is 2.11 bits per heavy atom. The maximum absolute atomic E-state index is 11.9. The Bertz CT molecular complexity index is 427. The van der Waals surface area contributed by atoms with E-state index in [1.165, 1.54) is 0 Å². The molecule has 0 radical (unpaired) electrons. The lowest BCUT2D eigenvalue weighted by Crippen LogP contribution is -2.43. The molecule has 1 heterocycles. The number of rotatable bonds is 4. The number of benzene rings is 1. The Morgan fingerprint density at radius 1 is 1.42 bits per heavy atom. The molecule has 0 bridgehead atoms. The summed E-state index contributed by atoms with van der Waals surface area (Å²) in [6.45, 7) is 4.04. The number of aliphatic hydroxyl groups is 1. The van der Waals surface area contributed by atoms with Gasteiger partial charge in [0.05, 0.1) is 19.3 Å². The number of hydrogen-bond acceptors (Lipinski definition) is 4. The average Bonchev–Trinajstić information content (AvgIpc) is 2.46. The van der Waals surface area contributed by atoms with E-state index in [1.54, 1.807) is 24.0 Å². The lowest BCUT2D eigenvalue weighted by Gasteiger charge is -2.26. The van der Waals surface area contributed by atoms with Crippen LogP contribution in [-0.2, 0) is 9.53 Å². The van der Waals surface area contributed by atoms with Crippen LogP contribution < -0.4 is 4.74 Å². The summed E-state index contributed by atoms with van der Waals surface area (Å²) in [6.07, 6.45) is -0.616. The molecule has 0 saturated carbocycles. The first-order valence-corrected chi connectivity index (χ1v) is 6.44. The van der Waals surface area contributed by atoms with Crippen LogP contribution >= 0.6 is 0 Å². The Morgan fingerprint density at radius 3 is 2.79 bits per heavy atom. The summed E-state index contributed by atoms with van der Waals surface area (Å²) in [5.41, 5.74) is 0.692. The van der Waals surface area contributed by atoms with E-state index in [0.717, 1.165) is 0 Å². The molecule has 2 rings (SSSR count). The minimum absolute atomic E-state index is 0.0102. The van der Waals surface area contributed by atoms with Gasteiger partial charge < -0.3 is 19.5 Å². The molecular formula is C14H19NO4. The van der Waals surface area contributed by atoms with E-state index in [0.29, 0.717) is 37.6 Å². The van der Waals surface area contributed by atoms with Crippen LogP contribution in [0.1, 0.15) is 18.6 Å². The molecule has 1 atom stereocenters. The Labute approximate surface area is 112 Å². The molecule has 1 N–H and O–H groups in total. The van der Waals surface area contributed by atoms with Crippen molar-refractivity contribution in [1.29, 1.82) is 0 Å². The zero-order chi connectivity index (χ0) is 13.7. The van der Waals surface area contributed by atoms with Crippen LogP contribution in [0.25, 0.3) is 0 Å². The summed E-state index contributed by atoms with van der Waals surface area (Å²) in [4.78, 5) is 13.7. The highest BCUT2D eigenvalue weighted by molar-refractivity contribution is 5.77. The number of nitrogens with zero attached hydrogens (tertiary/aromatic N) is 1. The molecule has 1 saturated heterocycles. The molecule has 0 aliphatic carbocycles. The third-order valence-electron chi connectivity index (χ3n) is 3.08. The van der Waals surface area contributed by atoms with Crippen LogP contribution in [0, 0.1) is 0 Å². The summed E-state index contributed by atoms with van der Waals surface area (Å²) in [5.74, 6) is 0.503. The number of carbonyl (C=O) groups excluding carboxylic acids is 1. The SMILES string of the molecule is C[C@@H](O)c1ccccc1OCC(=O)N1CCOCC1. The minimum Gasteiger partial charge on any atom is -0.483 e. The van der Waals surface area contributed by atoms with Gasteiger partial charge in [-0.3, -0.25) is 4.79 Å². The molecule has 0 aromatic heterocycles. The molecule has 5 heteroatoms. The second kappa shape index (κ2) is 6.54. The van der Waals surface area contributed by atoms with E-state index < -0.39 is 6.10 Å². The molecule has 0 unspecified atom stereocenters. The van der Waals surface area contributed by atoms with Crippen LogP contribution in [0.15, 0.2) is 24.3 Å². The van der Waals surface area contributed by atoms with E-state index >= 15 is 0 Å². The number of hydrogen-bond donors (Lipinski definition) is 1. The maximum atomic E-state index is 11.9. The van der Waals surface area contributed by atoms with Gasteiger partial charge in [-0.2, -0.15) is 0 Å². The molecule has 1 aromatic carbocycles. The predicted octanol–water partition coefficient (Wildman–Crippen LogP) is 0.978. The van der Waals surface area contributed by atoms with Crippen LogP contribution in [0.5, 0.6) is 5.75 Å². The first-order chi connectivity index (χ1) is 9.18. The largest absolute Gasteiger partial charge is 0.483 e. The molecule has 19 heavy (non-hydrogen) atoms. The summed E-state index contributed by atoms with van der Waals surface area (Å²) in [6, 6.07) is 7.20. The Hall–Kier alpha value is -1.59. The van der Waals surface area contributed by atoms with Gasteiger partial charge in [0.25, 0.3) is 5.91 Å². The van der Waals surface area contributed by atoms with E-state index in [-0.39, 0.29) is 12.5 Å². The summed E-state index contributed by atoms with van der Waals surface area (Å²) < 4.78 is 10.7. The zero-order valence-electron chi connectivity index (χ0n) is 11.0. The molecule has 1 amide bonds. The van der Waals surface area contributed by atoms with Gasteiger partial charge in [0.15, 0.2) is 6.61 Å². The van der Waals surface area contributed by atoms with Crippen molar-refractivity contribution in [3.8, 4) is 5.75 Å². The van der Waals surface area contributed by atoms with Crippen molar-refractivity contribution in [1.82, 2.24) is 4.90 Å². The van der Waals surface area contributed by atoms with Crippen molar-refractivity contribution in [2.24, 2.45) is 0 Å². The van der Waals surface area contributed by atoms with Crippen molar-refractivity contribution in [3.05, 3.63) is 29.8 Å². The highest BCUT2D eigenvalue weighted by Gasteiger charge is 2.18. The van der Waals surface area contributed by atoms with Gasteiger partial charge in [-0.15, -0.1) is 0 Å². The lowest BCUT2D eigenvalue weighted by molar-refractivity contribution is -0.137. The van der Waals surface area contributed by atoms with E-state index in [2.05, 4.69) is 0 Å². The van der Waals surface area contributed by atoms with Crippen molar-refractivity contribution < 1.29 is 19.4 Å². The second-order valence-electron chi connectivity index (χ2n) is 4.50. The fourth-order valence-corrected chi connectivity index (χ4v) is 2.00. The number of para-hydroxylation sites is 1. The van der Waals surface area contributed by atoms with Crippen molar-refractivity contribution in [2.45, 2.75) is 13.0 Å². The van der Waals surface area contributed by atoms with Gasteiger partial charge in [0.2, 0.25) is 0 Å². The highest BCUT2D eigenvalue weighted by Crippen LogP contribution is 2.24. The zero-order valence-corrected chi connectivity index (χ0v) is 11.0. The molecule has 0 spiro atoms. The van der Waals surface area contributed by atoms with Gasteiger partial charge in [-0.25, -0.2) is 0 Å². The van der Waals surface area contributed by atoms with E-state index in [9.17, 15) is 9.90 Å². The average molecular weight is 265 g/mol. The fourth-order valence-electron chi connectivity index (χ4n) is 2.00. The van der Waals surface area contributed by atoms with Gasteiger partial charge in [-0.1, -0.05) is 18.2 Å². The molecule has 104 valence electrons. The Kier molecular flexibility index (Phi) is 4.76. The molecule has 1 aliphatic rings. The highest BCUT2D eigenvalue weighted by atomic mass is 16.5. The number of aliphatic hydroxyl groups excluding tert-OH is 1. The van der Waals surface area contributed by atoms with Crippen molar-refractivity contribution in [2.75, 3.05) is 32.9 Å². The van der Waals surface area contributed by atoms with E-state index in [1.807, 2.05) is 12.1 Å². The first kappa shape index (κ1) is 13.8. The minimum atomic E-state index is -0.616. The standard InChI is InChI=1S/C14H19NO4/c1-11(16)12-4-2-3-5-13(12)19-10-14(17)15-6-8-18-9-7-15/h2-5,11,16H,6-10H2,1H3/t11-/m1/s1. The van der Waals surface area contributed by atoms with Gasteiger partial charge in [0.1, 0.15) is 5.75 Å². The lowest BCUT2D eigenvalue weighted by atomic mass is 10.1. The number of carbonyl (C=O) groups is 1. The number of ether oxygens (including phenoxy) is 2. The second-order valence-corrected chi connectivity index (χ2v) is 4.50. The summed E-state index contributed by atoms with van der Waals surface area (Å²) in [7, 11) is 0. The molecule has 1 aliphatic heterocycles. The van der Waals surface area contributed by atoms with Crippen molar-refractivity contribution in [3.63, 3.8) is 0 Å². The number of morpholine rings is 1. The van der Waals surface area contributed by atoms with Crippen LogP contribution in [0.2, 0.25) is 0 Å². The van der Waals surface area contributed by atoms with Crippen molar-refractivity contribution >= 4 is 5.91 Å². The topological polar surface area (TPSA) is 59.0 Å². The molecule has 5 nitrogen and oxygen atoms in total. The normalized spacial score (nSPS) is 17.1. The maximum Gasteiger partial charge on any atom is 0.260 e. The quantitative estimate of drug-likeness (QED) is 0.881. The third kappa shape index (κ3) is 3.68. The first-order valence-electron chi connectivity index (χ1n) is 6.44. The van der Waals surface area contributed by atoms with Crippen LogP contribution in [-0.4, -0.2) is 48.8 Å². The van der Waals surface area contributed by atoms with Gasteiger partial charge in [-0.05, 0) is 13.0 Å².